The van der Waals surface area contributed by atoms with E-state index in [9.17, 15) is 14.4 Å². The molecule has 0 rings (SSSR count). The minimum Gasteiger partial charge on any atom is -0.462 e. The quantitative estimate of drug-likeness (QED) is 0.0262. The number of ether oxygens (including phenoxy) is 3. The Bertz CT molecular complexity index is 1010. The maximum Gasteiger partial charge on any atom is 0.306 e. The molecule has 0 aromatic rings. The molecule has 0 aliphatic carbocycles. The summed E-state index contributed by atoms with van der Waals surface area (Å²) in [5, 5.41) is 0. The highest BCUT2D eigenvalue weighted by atomic mass is 16.6. The van der Waals surface area contributed by atoms with Crippen LogP contribution in [0.15, 0.2) is 12.2 Å². The fraction of sp³-hybridized carbons (Fsp3) is 0.915. The topological polar surface area (TPSA) is 78.9 Å². The highest BCUT2D eigenvalue weighted by molar-refractivity contribution is 5.71. The Kier molecular flexibility index (Phi) is 53.2. The SMILES string of the molecule is CCCCCCCC/C=C\CCCCCCCC(=O)OCC(COC(=O)CCCCCCCCCCCCCCCCC)OC(=O)CCCCCCCCCCCCCCCCCCC. The van der Waals surface area contributed by atoms with Crippen molar-refractivity contribution in [1.29, 1.82) is 0 Å². The molecule has 1 atom stereocenters. The number of hydrogen-bond acceptors (Lipinski definition) is 6. The van der Waals surface area contributed by atoms with E-state index in [1.54, 1.807) is 0 Å². The summed E-state index contributed by atoms with van der Waals surface area (Å²) >= 11 is 0. The molecule has 384 valence electrons. The zero-order chi connectivity index (χ0) is 47.2. The second-order valence-electron chi connectivity index (χ2n) is 19.9. The Morgan fingerprint density at radius 2 is 0.508 bits per heavy atom. The van der Waals surface area contributed by atoms with Crippen LogP contribution in [-0.2, 0) is 28.6 Å². The summed E-state index contributed by atoms with van der Waals surface area (Å²) in [6.45, 7) is 6.69. The van der Waals surface area contributed by atoms with Crippen molar-refractivity contribution in [2.45, 2.75) is 335 Å². The van der Waals surface area contributed by atoms with E-state index in [0.717, 1.165) is 64.2 Å². The normalized spacial score (nSPS) is 12.0. The van der Waals surface area contributed by atoms with Crippen molar-refractivity contribution in [1.82, 2.24) is 0 Å². The van der Waals surface area contributed by atoms with Gasteiger partial charge in [-0.05, 0) is 44.9 Å². The molecule has 0 spiro atoms. The molecule has 0 aliphatic rings. The summed E-state index contributed by atoms with van der Waals surface area (Å²) in [5.74, 6) is -0.850. The standard InChI is InChI=1S/C59H112O6/c1-4-7-10-13-16-19-22-25-28-29-32-35-38-41-44-47-50-53-59(62)65-56(54-63-57(60)51-48-45-42-39-36-33-30-26-23-20-17-14-11-8-5-2)55-64-58(61)52-49-46-43-40-37-34-31-27-24-21-18-15-12-9-6-3/h26,30,56H,4-25,27-29,31-55H2,1-3H3/b30-26-. The predicted molar refractivity (Wildman–Crippen MR) is 280 cm³/mol. The zero-order valence-corrected chi connectivity index (χ0v) is 44.0. The lowest BCUT2D eigenvalue weighted by atomic mass is 10.0. The van der Waals surface area contributed by atoms with E-state index in [-0.39, 0.29) is 31.1 Å². The van der Waals surface area contributed by atoms with Gasteiger partial charge in [0, 0.05) is 19.3 Å². The number of hydrogen-bond donors (Lipinski definition) is 0. The molecule has 1 unspecified atom stereocenters. The third-order valence-corrected chi connectivity index (χ3v) is 13.3. The Labute approximate surface area is 405 Å². The van der Waals surface area contributed by atoms with E-state index in [1.165, 1.54) is 225 Å². The van der Waals surface area contributed by atoms with Crippen molar-refractivity contribution in [3.63, 3.8) is 0 Å². The van der Waals surface area contributed by atoms with Crippen LogP contribution in [0.5, 0.6) is 0 Å². The highest BCUT2D eigenvalue weighted by Gasteiger charge is 2.19. The van der Waals surface area contributed by atoms with Gasteiger partial charge in [0.05, 0.1) is 0 Å². The highest BCUT2D eigenvalue weighted by Crippen LogP contribution is 2.17. The van der Waals surface area contributed by atoms with Gasteiger partial charge in [-0.2, -0.15) is 0 Å². The first-order valence-electron chi connectivity index (χ1n) is 29.2. The van der Waals surface area contributed by atoms with Crippen molar-refractivity contribution in [3.8, 4) is 0 Å². The van der Waals surface area contributed by atoms with Gasteiger partial charge in [0.1, 0.15) is 13.2 Å². The summed E-state index contributed by atoms with van der Waals surface area (Å²) in [7, 11) is 0. The Morgan fingerprint density at radius 1 is 0.292 bits per heavy atom. The summed E-state index contributed by atoms with van der Waals surface area (Å²) in [6.07, 6.45) is 62.0. The Morgan fingerprint density at radius 3 is 0.769 bits per heavy atom. The van der Waals surface area contributed by atoms with Crippen LogP contribution in [0.2, 0.25) is 0 Å². The first-order chi connectivity index (χ1) is 32.0. The molecule has 0 bridgehead atoms. The second kappa shape index (κ2) is 54.8. The third kappa shape index (κ3) is 53.0. The van der Waals surface area contributed by atoms with Gasteiger partial charge in [-0.1, -0.05) is 277 Å². The van der Waals surface area contributed by atoms with Crippen molar-refractivity contribution in [2.24, 2.45) is 0 Å². The van der Waals surface area contributed by atoms with E-state index in [1.807, 2.05) is 0 Å². The number of allylic oxidation sites excluding steroid dienone is 2. The number of unbranched alkanes of at least 4 members (excludes halogenated alkanes) is 41. The summed E-state index contributed by atoms with van der Waals surface area (Å²) in [4.78, 5) is 38.1. The maximum absolute atomic E-state index is 12.9. The number of rotatable bonds is 54. The van der Waals surface area contributed by atoms with Crippen molar-refractivity contribution >= 4 is 17.9 Å². The van der Waals surface area contributed by atoms with Crippen LogP contribution < -0.4 is 0 Å². The van der Waals surface area contributed by atoms with Crippen LogP contribution >= 0.6 is 0 Å². The molecule has 0 radical (unpaired) electrons. The molecule has 0 amide bonds. The monoisotopic (exact) mass is 917 g/mol. The molecule has 6 nitrogen and oxygen atoms in total. The molecule has 65 heavy (non-hydrogen) atoms. The molecule has 0 aliphatic heterocycles. The largest absolute Gasteiger partial charge is 0.462 e. The first kappa shape index (κ1) is 63.1. The second-order valence-corrected chi connectivity index (χ2v) is 19.9. The van der Waals surface area contributed by atoms with Crippen LogP contribution in [0.25, 0.3) is 0 Å². The maximum atomic E-state index is 12.9. The molecular weight excluding hydrogens is 805 g/mol. The van der Waals surface area contributed by atoms with Crippen LogP contribution in [-0.4, -0.2) is 37.2 Å². The molecule has 0 heterocycles. The molecule has 0 fully saturated rings. The molecule has 6 heteroatoms. The zero-order valence-electron chi connectivity index (χ0n) is 44.0. The number of carbonyl (C=O) groups excluding carboxylic acids is 3. The average Bonchev–Trinajstić information content (AvgIpc) is 3.30. The van der Waals surface area contributed by atoms with Crippen molar-refractivity contribution in [3.05, 3.63) is 12.2 Å². The third-order valence-electron chi connectivity index (χ3n) is 13.3. The van der Waals surface area contributed by atoms with Crippen molar-refractivity contribution in [2.75, 3.05) is 13.2 Å². The summed E-state index contributed by atoms with van der Waals surface area (Å²) in [6, 6.07) is 0. The summed E-state index contributed by atoms with van der Waals surface area (Å²) in [5.41, 5.74) is 0. The Balaban J connectivity index is 4.32. The first-order valence-corrected chi connectivity index (χ1v) is 29.2. The fourth-order valence-electron chi connectivity index (χ4n) is 8.85. The minimum absolute atomic E-state index is 0.0664. The van der Waals surface area contributed by atoms with E-state index in [0.29, 0.717) is 19.3 Å². The molecule has 0 saturated carbocycles. The van der Waals surface area contributed by atoms with Gasteiger partial charge in [-0.15, -0.1) is 0 Å². The average molecular weight is 918 g/mol. The van der Waals surface area contributed by atoms with E-state index >= 15 is 0 Å². The van der Waals surface area contributed by atoms with Gasteiger partial charge in [-0.25, -0.2) is 0 Å². The molecular formula is C59H112O6. The van der Waals surface area contributed by atoms with Crippen LogP contribution in [0, 0.1) is 0 Å². The van der Waals surface area contributed by atoms with Gasteiger partial charge >= 0.3 is 17.9 Å². The predicted octanol–water partition coefficient (Wildman–Crippen LogP) is 19.3. The van der Waals surface area contributed by atoms with E-state index in [2.05, 4.69) is 32.9 Å². The van der Waals surface area contributed by atoms with Crippen molar-refractivity contribution < 1.29 is 28.6 Å². The summed E-state index contributed by atoms with van der Waals surface area (Å²) < 4.78 is 16.9. The van der Waals surface area contributed by atoms with Gasteiger partial charge in [-0.3, -0.25) is 14.4 Å². The van der Waals surface area contributed by atoms with E-state index < -0.39 is 6.10 Å². The number of carbonyl (C=O) groups is 3. The van der Waals surface area contributed by atoms with E-state index in [4.69, 9.17) is 14.2 Å². The lowest BCUT2D eigenvalue weighted by molar-refractivity contribution is -0.167. The van der Waals surface area contributed by atoms with Crippen LogP contribution in [0.3, 0.4) is 0 Å². The lowest BCUT2D eigenvalue weighted by Crippen LogP contribution is -2.30. The molecule has 0 aromatic heterocycles. The fourth-order valence-corrected chi connectivity index (χ4v) is 8.85. The minimum atomic E-state index is -0.767. The van der Waals surface area contributed by atoms with Crippen LogP contribution in [0.4, 0.5) is 0 Å². The lowest BCUT2D eigenvalue weighted by Gasteiger charge is -2.18. The number of esters is 3. The smallest absolute Gasteiger partial charge is 0.306 e. The molecule has 0 N–H and O–H groups in total. The Hall–Kier alpha value is -1.85. The molecule has 0 aromatic carbocycles. The van der Waals surface area contributed by atoms with Gasteiger partial charge in [0.2, 0.25) is 0 Å². The van der Waals surface area contributed by atoms with Gasteiger partial charge < -0.3 is 14.2 Å². The molecule has 0 saturated heterocycles. The van der Waals surface area contributed by atoms with Gasteiger partial charge in [0.15, 0.2) is 6.10 Å². The van der Waals surface area contributed by atoms with Gasteiger partial charge in [0.25, 0.3) is 0 Å². The van der Waals surface area contributed by atoms with Crippen LogP contribution in [0.1, 0.15) is 329 Å².